The van der Waals surface area contributed by atoms with Gasteiger partial charge in [0.15, 0.2) is 0 Å². The average Bonchev–Trinajstić information content (AvgIpc) is 2.69. The summed E-state index contributed by atoms with van der Waals surface area (Å²) >= 11 is 0. The Kier molecular flexibility index (Phi) is 3.39. The molecule has 100 valence electrons. The van der Waals surface area contributed by atoms with Crippen molar-refractivity contribution in [1.82, 2.24) is 19.8 Å². The van der Waals surface area contributed by atoms with Gasteiger partial charge in [0.1, 0.15) is 5.82 Å². The molecule has 3 heterocycles. The Morgan fingerprint density at radius 2 is 2.11 bits per heavy atom. The molecule has 0 unspecified atom stereocenters. The summed E-state index contributed by atoms with van der Waals surface area (Å²) in [5.74, 6) is 2.05. The van der Waals surface area contributed by atoms with Gasteiger partial charge in [-0.25, -0.2) is 4.98 Å². The van der Waals surface area contributed by atoms with E-state index in [2.05, 4.69) is 28.8 Å². The number of aromatic nitrogens is 2. The van der Waals surface area contributed by atoms with Crippen LogP contribution >= 0.6 is 0 Å². The van der Waals surface area contributed by atoms with Gasteiger partial charge in [-0.15, -0.1) is 0 Å². The Balaban J connectivity index is 1.74. The van der Waals surface area contributed by atoms with E-state index in [-0.39, 0.29) is 0 Å². The van der Waals surface area contributed by atoms with Crippen LogP contribution in [0.5, 0.6) is 0 Å². The Labute approximate surface area is 109 Å². The third-order valence-corrected chi connectivity index (χ3v) is 4.46. The maximum absolute atomic E-state index is 4.72. The van der Waals surface area contributed by atoms with Crippen molar-refractivity contribution in [1.29, 1.82) is 0 Å². The molecule has 0 saturated carbocycles. The van der Waals surface area contributed by atoms with Gasteiger partial charge < -0.3 is 14.8 Å². The van der Waals surface area contributed by atoms with Crippen molar-refractivity contribution in [2.75, 3.05) is 26.7 Å². The lowest BCUT2D eigenvalue weighted by molar-refractivity contribution is 0.203. The molecule has 0 spiro atoms. The number of likely N-dealkylation sites (tertiary alicyclic amines) is 1. The molecule has 1 aromatic rings. The largest absolute Gasteiger partial charge is 0.332 e. The van der Waals surface area contributed by atoms with Crippen molar-refractivity contribution in [2.45, 2.75) is 39.3 Å². The van der Waals surface area contributed by atoms with Crippen LogP contribution in [-0.2, 0) is 19.5 Å². The van der Waals surface area contributed by atoms with Crippen LogP contribution in [0.25, 0.3) is 0 Å². The van der Waals surface area contributed by atoms with Crippen LogP contribution in [0.2, 0.25) is 0 Å². The van der Waals surface area contributed by atoms with Crippen molar-refractivity contribution in [2.24, 2.45) is 5.92 Å². The quantitative estimate of drug-likeness (QED) is 0.853. The average molecular weight is 248 g/mol. The minimum absolute atomic E-state index is 0.841. The molecule has 0 radical (unpaired) electrons. The molecule has 18 heavy (non-hydrogen) atoms. The minimum atomic E-state index is 0.841. The number of nitrogens with one attached hydrogen (secondary N) is 1. The first kappa shape index (κ1) is 12.2. The molecule has 1 aromatic heterocycles. The van der Waals surface area contributed by atoms with E-state index in [1.54, 1.807) is 0 Å². The van der Waals surface area contributed by atoms with E-state index in [4.69, 9.17) is 4.98 Å². The highest BCUT2D eigenvalue weighted by molar-refractivity contribution is 5.19. The molecule has 3 rings (SSSR count). The lowest BCUT2D eigenvalue weighted by Crippen LogP contribution is -2.32. The van der Waals surface area contributed by atoms with E-state index < -0.39 is 0 Å². The van der Waals surface area contributed by atoms with E-state index in [1.807, 2.05) is 0 Å². The summed E-state index contributed by atoms with van der Waals surface area (Å²) in [6.45, 7) is 7.90. The third kappa shape index (κ3) is 2.31. The molecule has 4 nitrogen and oxygen atoms in total. The van der Waals surface area contributed by atoms with Gasteiger partial charge in [0, 0.05) is 31.7 Å². The number of aryl methyl sites for hydroxylation is 1. The topological polar surface area (TPSA) is 33.1 Å². The summed E-state index contributed by atoms with van der Waals surface area (Å²) < 4.78 is 2.49. The summed E-state index contributed by atoms with van der Waals surface area (Å²) in [4.78, 5) is 7.16. The van der Waals surface area contributed by atoms with Crippen molar-refractivity contribution >= 4 is 0 Å². The first-order valence-corrected chi connectivity index (χ1v) is 7.18. The van der Waals surface area contributed by atoms with Crippen LogP contribution in [0.4, 0.5) is 0 Å². The van der Waals surface area contributed by atoms with Crippen LogP contribution in [0.3, 0.4) is 0 Å². The van der Waals surface area contributed by atoms with Gasteiger partial charge in [0.2, 0.25) is 0 Å². The maximum Gasteiger partial charge on any atom is 0.106 e. The van der Waals surface area contributed by atoms with Crippen molar-refractivity contribution in [3.8, 4) is 0 Å². The van der Waals surface area contributed by atoms with Gasteiger partial charge >= 0.3 is 0 Å². The van der Waals surface area contributed by atoms with Crippen LogP contribution in [0.15, 0.2) is 0 Å². The molecular weight excluding hydrogens is 224 g/mol. The maximum atomic E-state index is 4.72. The molecule has 2 aliphatic rings. The molecular formula is C14H24N4. The van der Waals surface area contributed by atoms with Gasteiger partial charge in [0.25, 0.3) is 0 Å². The molecule has 0 aliphatic carbocycles. The van der Waals surface area contributed by atoms with Crippen molar-refractivity contribution < 1.29 is 0 Å². The number of fused-ring (bicyclic) bond motifs is 1. The van der Waals surface area contributed by atoms with Crippen LogP contribution in [0.1, 0.15) is 30.1 Å². The normalized spacial score (nSPS) is 22.1. The number of piperidine rings is 1. The Bertz CT molecular complexity index is 416. The molecule has 1 saturated heterocycles. The Morgan fingerprint density at radius 1 is 1.33 bits per heavy atom. The summed E-state index contributed by atoms with van der Waals surface area (Å²) in [5, 5.41) is 3.41. The van der Waals surface area contributed by atoms with Gasteiger partial charge in [0.05, 0.1) is 5.69 Å². The second-order valence-corrected chi connectivity index (χ2v) is 5.84. The second kappa shape index (κ2) is 5.02. The zero-order chi connectivity index (χ0) is 12.5. The Morgan fingerprint density at radius 3 is 2.89 bits per heavy atom. The lowest BCUT2D eigenvalue weighted by atomic mass is 9.97. The van der Waals surface area contributed by atoms with Gasteiger partial charge in [-0.1, -0.05) is 0 Å². The zero-order valence-electron chi connectivity index (χ0n) is 11.6. The SMILES string of the molecule is Cc1nc2c(n1CC1CCN(C)CC1)CCNC2. The number of hydrogen-bond donors (Lipinski definition) is 1. The highest BCUT2D eigenvalue weighted by atomic mass is 15.1. The summed E-state index contributed by atoms with van der Waals surface area (Å²) in [6, 6.07) is 0. The molecule has 0 aromatic carbocycles. The molecule has 4 heteroatoms. The van der Waals surface area contributed by atoms with E-state index >= 15 is 0 Å². The predicted molar refractivity (Wildman–Crippen MR) is 72.6 cm³/mol. The van der Waals surface area contributed by atoms with Crippen molar-refractivity contribution in [3.63, 3.8) is 0 Å². The van der Waals surface area contributed by atoms with Crippen LogP contribution in [-0.4, -0.2) is 41.1 Å². The first-order valence-electron chi connectivity index (χ1n) is 7.18. The fourth-order valence-electron chi connectivity index (χ4n) is 3.25. The highest BCUT2D eigenvalue weighted by Crippen LogP contribution is 2.22. The number of imidazole rings is 1. The standard InChI is InChI=1S/C14H24N4/c1-11-16-13-9-15-6-3-14(13)18(11)10-12-4-7-17(2)8-5-12/h12,15H,3-10H2,1-2H3. The second-order valence-electron chi connectivity index (χ2n) is 5.84. The molecule has 1 fully saturated rings. The monoisotopic (exact) mass is 248 g/mol. The number of nitrogens with zero attached hydrogens (tertiary/aromatic N) is 3. The van der Waals surface area contributed by atoms with Crippen molar-refractivity contribution in [3.05, 3.63) is 17.2 Å². The van der Waals surface area contributed by atoms with E-state index in [1.165, 1.54) is 49.7 Å². The first-order chi connectivity index (χ1) is 8.74. The third-order valence-electron chi connectivity index (χ3n) is 4.46. The van der Waals surface area contributed by atoms with E-state index in [9.17, 15) is 0 Å². The molecule has 0 atom stereocenters. The zero-order valence-corrected chi connectivity index (χ0v) is 11.6. The molecule has 0 amide bonds. The summed E-state index contributed by atoms with van der Waals surface area (Å²) in [7, 11) is 2.23. The fraction of sp³-hybridized carbons (Fsp3) is 0.786. The van der Waals surface area contributed by atoms with E-state index in [0.717, 1.165) is 25.4 Å². The van der Waals surface area contributed by atoms with Crippen LogP contribution < -0.4 is 5.32 Å². The molecule has 1 N–H and O–H groups in total. The molecule has 2 aliphatic heterocycles. The molecule has 0 bridgehead atoms. The van der Waals surface area contributed by atoms with Gasteiger partial charge in [-0.3, -0.25) is 0 Å². The Hall–Kier alpha value is -0.870. The number of hydrogen-bond acceptors (Lipinski definition) is 3. The smallest absolute Gasteiger partial charge is 0.106 e. The predicted octanol–water partition coefficient (Wildman–Crippen LogP) is 1.18. The van der Waals surface area contributed by atoms with Gasteiger partial charge in [-0.05, 0) is 45.8 Å². The van der Waals surface area contributed by atoms with E-state index in [0.29, 0.717) is 0 Å². The minimum Gasteiger partial charge on any atom is -0.332 e. The van der Waals surface area contributed by atoms with Crippen LogP contribution in [0, 0.1) is 12.8 Å². The number of rotatable bonds is 2. The summed E-state index contributed by atoms with van der Waals surface area (Å²) in [5.41, 5.74) is 2.77. The fourth-order valence-corrected chi connectivity index (χ4v) is 3.25. The lowest BCUT2D eigenvalue weighted by Gasteiger charge is -2.30. The van der Waals surface area contributed by atoms with Gasteiger partial charge in [-0.2, -0.15) is 0 Å². The highest BCUT2D eigenvalue weighted by Gasteiger charge is 2.22. The summed E-state index contributed by atoms with van der Waals surface area (Å²) in [6.07, 6.45) is 3.81.